The van der Waals surface area contributed by atoms with Crippen molar-refractivity contribution in [1.82, 2.24) is 14.9 Å². The van der Waals surface area contributed by atoms with E-state index in [1.807, 2.05) is 12.1 Å². The summed E-state index contributed by atoms with van der Waals surface area (Å²) in [6, 6.07) is 16.8. The number of phenols is 2. The Morgan fingerprint density at radius 3 is 1.66 bits per heavy atom. The normalized spacial score (nSPS) is 13.0. The molecule has 2 aliphatic rings. The quantitative estimate of drug-likeness (QED) is 0.189. The molecule has 4 heterocycles. The van der Waals surface area contributed by atoms with Crippen LogP contribution in [-0.4, -0.2) is 61.9 Å². The van der Waals surface area contributed by atoms with Gasteiger partial charge in [-0.15, -0.1) is 0 Å². The van der Waals surface area contributed by atoms with Gasteiger partial charge in [0.05, 0.1) is 22.3 Å². The number of phenolic OH excluding ortho intramolecular Hbond substituents is 2. The van der Waals surface area contributed by atoms with Crippen LogP contribution in [0.4, 0.5) is 0 Å². The van der Waals surface area contributed by atoms with Crippen molar-refractivity contribution in [3.05, 3.63) is 119 Å². The van der Waals surface area contributed by atoms with Gasteiger partial charge in [-0.1, -0.05) is 24.3 Å². The standard InChI is InChI=1S/C15H12N2O3.C8H11NO.C7H3NO3/c18-11-3-1-10(2-4-11)6-8-17-14(19)12-5-7-16-9-13(12)15(17)20;9-6-5-7-1-3-8(10)4-2-7;9-6-4-1-2-8-3-5(4)7(10)11-6/h1-5,7,9,18H,6,8H2;1-4,10H,5-6,9H2;1-3H. The zero-order valence-electron chi connectivity index (χ0n) is 21.8. The van der Waals surface area contributed by atoms with Crippen LogP contribution in [0.3, 0.4) is 0 Å². The maximum absolute atomic E-state index is 12.1. The fourth-order valence-corrected chi connectivity index (χ4v) is 4.00. The first-order valence-electron chi connectivity index (χ1n) is 12.5. The lowest BCUT2D eigenvalue weighted by molar-refractivity contribution is 0.0442. The number of imide groups is 1. The molecule has 208 valence electrons. The molecule has 0 saturated heterocycles. The molecule has 11 nitrogen and oxygen atoms in total. The largest absolute Gasteiger partial charge is 0.508 e. The van der Waals surface area contributed by atoms with Crippen LogP contribution < -0.4 is 5.73 Å². The second-order valence-electron chi connectivity index (χ2n) is 8.90. The molecule has 2 aromatic heterocycles. The molecule has 0 aliphatic carbocycles. The Bertz CT molecular complexity index is 1500. The molecule has 0 saturated carbocycles. The molecular weight excluding hydrogens is 528 g/mol. The van der Waals surface area contributed by atoms with E-state index >= 15 is 0 Å². The van der Waals surface area contributed by atoms with E-state index in [9.17, 15) is 24.3 Å². The molecule has 0 bridgehead atoms. The summed E-state index contributed by atoms with van der Waals surface area (Å²) in [5.74, 6) is -1.27. The Kier molecular flexibility index (Phi) is 9.13. The van der Waals surface area contributed by atoms with E-state index in [-0.39, 0.29) is 23.1 Å². The van der Waals surface area contributed by atoms with Crippen LogP contribution >= 0.6 is 0 Å². The summed E-state index contributed by atoms with van der Waals surface area (Å²) in [6.07, 6.45) is 7.13. The predicted molar refractivity (Wildman–Crippen MR) is 146 cm³/mol. The Labute approximate surface area is 234 Å². The van der Waals surface area contributed by atoms with Crippen molar-refractivity contribution in [3.8, 4) is 11.5 Å². The van der Waals surface area contributed by atoms with Crippen LogP contribution in [0, 0.1) is 0 Å². The van der Waals surface area contributed by atoms with Gasteiger partial charge in [0, 0.05) is 31.3 Å². The van der Waals surface area contributed by atoms with Crippen molar-refractivity contribution in [3.63, 3.8) is 0 Å². The number of rotatable bonds is 5. The number of fused-ring (bicyclic) bond motifs is 2. The smallest absolute Gasteiger partial charge is 0.348 e. The average Bonchev–Trinajstić information content (AvgIpc) is 3.42. The number of aromatic nitrogens is 2. The highest BCUT2D eigenvalue weighted by atomic mass is 16.6. The highest BCUT2D eigenvalue weighted by Gasteiger charge is 2.35. The lowest BCUT2D eigenvalue weighted by Gasteiger charge is -2.13. The van der Waals surface area contributed by atoms with Crippen LogP contribution in [-0.2, 0) is 17.6 Å². The molecule has 6 rings (SSSR count). The number of cyclic esters (lactones) is 2. The van der Waals surface area contributed by atoms with E-state index in [1.54, 1.807) is 42.5 Å². The zero-order chi connectivity index (χ0) is 29.4. The van der Waals surface area contributed by atoms with Gasteiger partial charge in [-0.25, -0.2) is 9.59 Å². The minimum atomic E-state index is -0.613. The summed E-state index contributed by atoms with van der Waals surface area (Å²) in [4.78, 5) is 54.6. The van der Waals surface area contributed by atoms with Gasteiger partial charge in [0.2, 0.25) is 0 Å². The third-order valence-corrected chi connectivity index (χ3v) is 6.15. The fourth-order valence-electron chi connectivity index (χ4n) is 4.00. The minimum absolute atomic E-state index is 0.195. The predicted octanol–water partition coefficient (Wildman–Crippen LogP) is 2.91. The maximum Gasteiger partial charge on any atom is 0.348 e. The van der Waals surface area contributed by atoms with Gasteiger partial charge in [-0.3, -0.25) is 24.5 Å². The highest BCUT2D eigenvalue weighted by Crippen LogP contribution is 2.22. The lowest BCUT2D eigenvalue weighted by atomic mass is 10.1. The molecule has 2 amide bonds. The van der Waals surface area contributed by atoms with Crippen molar-refractivity contribution in [2.75, 3.05) is 13.1 Å². The summed E-state index contributed by atoms with van der Waals surface area (Å²) in [5, 5.41) is 18.1. The number of benzene rings is 2. The monoisotopic (exact) mass is 554 g/mol. The molecule has 0 radical (unpaired) electrons. The first kappa shape index (κ1) is 28.6. The number of amides is 2. The number of nitrogens with two attached hydrogens (primary N) is 1. The Morgan fingerprint density at radius 1 is 0.634 bits per heavy atom. The van der Waals surface area contributed by atoms with E-state index in [4.69, 9.17) is 10.8 Å². The number of carbonyl (C=O) groups excluding carboxylic acids is 4. The lowest BCUT2D eigenvalue weighted by Crippen LogP contribution is -2.31. The summed E-state index contributed by atoms with van der Waals surface area (Å²) in [5.41, 5.74) is 8.78. The summed E-state index contributed by atoms with van der Waals surface area (Å²) < 4.78 is 4.31. The van der Waals surface area contributed by atoms with Crippen molar-refractivity contribution >= 4 is 23.8 Å². The summed E-state index contributed by atoms with van der Waals surface area (Å²) in [6.45, 7) is 0.974. The van der Waals surface area contributed by atoms with E-state index in [1.165, 1.54) is 41.3 Å². The van der Waals surface area contributed by atoms with E-state index in [2.05, 4.69) is 14.7 Å². The molecule has 0 unspecified atom stereocenters. The molecule has 0 fully saturated rings. The van der Waals surface area contributed by atoms with Gasteiger partial charge < -0.3 is 20.7 Å². The number of hydrogen-bond acceptors (Lipinski definition) is 10. The Balaban J connectivity index is 0.000000156. The number of nitrogens with zero attached hydrogens (tertiary/aromatic N) is 3. The van der Waals surface area contributed by atoms with Gasteiger partial charge in [0.1, 0.15) is 11.5 Å². The van der Waals surface area contributed by atoms with Crippen LogP contribution in [0.5, 0.6) is 11.5 Å². The van der Waals surface area contributed by atoms with Crippen LogP contribution in [0.15, 0.2) is 85.5 Å². The van der Waals surface area contributed by atoms with E-state index < -0.39 is 11.9 Å². The maximum atomic E-state index is 12.1. The van der Waals surface area contributed by atoms with Gasteiger partial charge in [-0.05, 0) is 66.9 Å². The number of ether oxygens (including phenoxy) is 1. The summed E-state index contributed by atoms with van der Waals surface area (Å²) in [7, 11) is 0. The fraction of sp³-hybridized carbons (Fsp3) is 0.133. The topological polar surface area (TPSA) is 173 Å². The highest BCUT2D eigenvalue weighted by molar-refractivity contribution is 6.21. The van der Waals surface area contributed by atoms with E-state index in [0.29, 0.717) is 42.0 Å². The van der Waals surface area contributed by atoms with Gasteiger partial charge in [0.15, 0.2) is 0 Å². The number of carbonyl (C=O) groups is 4. The first-order chi connectivity index (χ1) is 19.8. The number of pyridine rings is 2. The second kappa shape index (κ2) is 13.1. The molecule has 2 aromatic carbocycles. The molecule has 4 aromatic rings. The summed E-state index contributed by atoms with van der Waals surface area (Å²) >= 11 is 0. The number of esters is 2. The minimum Gasteiger partial charge on any atom is -0.508 e. The van der Waals surface area contributed by atoms with Crippen molar-refractivity contribution < 1.29 is 34.1 Å². The second-order valence-corrected chi connectivity index (χ2v) is 8.90. The number of aromatic hydroxyl groups is 2. The molecule has 4 N–H and O–H groups in total. The third-order valence-electron chi connectivity index (χ3n) is 6.15. The zero-order valence-corrected chi connectivity index (χ0v) is 21.8. The van der Waals surface area contributed by atoms with Gasteiger partial charge in [0.25, 0.3) is 11.8 Å². The molecule has 0 atom stereocenters. The van der Waals surface area contributed by atoms with Crippen molar-refractivity contribution in [2.24, 2.45) is 5.73 Å². The molecular formula is C30H26N4O7. The molecule has 11 heteroatoms. The van der Waals surface area contributed by atoms with Gasteiger partial charge in [-0.2, -0.15) is 0 Å². The van der Waals surface area contributed by atoms with Crippen LogP contribution in [0.1, 0.15) is 52.6 Å². The van der Waals surface area contributed by atoms with Crippen LogP contribution in [0.25, 0.3) is 0 Å². The van der Waals surface area contributed by atoms with Crippen molar-refractivity contribution in [1.29, 1.82) is 0 Å². The van der Waals surface area contributed by atoms with Crippen LogP contribution in [0.2, 0.25) is 0 Å². The first-order valence-corrected chi connectivity index (χ1v) is 12.5. The number of hydrogen-bond donors (Lipinski definition) is 3. The van der Waals surface area contributed by atoms with Crippen molar-refractivity contribution in [2.45, 2.75) is 12.8 Å². The molecule has 41 heavy (non-hydrogen) atoms. The Hall–Kier alpha value is -5.42. The molecule has 2 aliphatic heterocycles. The van der Waals surface area contributed by atoms with E-state index in [0.717, 1.165) is 12.0 Å². The van der Waals surface area contributed by atoms with Gasteiger partial charge >= 0.3 is 11.9 Å². The third kappa shape index (κ3) is 6.97. The average molecular weight is 555 g/mol. The Morgan fingerprint density at radius 2 is 1.12 bits per heavy atom. The molecule has 0 spiro atoms. The SMILES string of the molecule is NCCc1ccc(O)cc1.O=C1OC(=O)c2cnccc21.O=C1c2ccncc2C(=O)N1CCc1ccc(O)cc1.